The van der Waals surface area contributed by atoms with Gasteiger partial charge in [-0.25, -0.2) is 4.39 Å². The molecule has 5 heteroatoms. The topological polar surface area (TPSA) is 12.5 Å². The normalized spacial score (nSPS) is 17.9. The summed E-state index contributed by atoms with van der Waals surface area (Å²) in [7, 11) is -1.70. The summed E-state index contributed by atoms with van der Waals surface area (Å²) in [6, 6.07) is 4.88. The zero-order valence-corrected chi connectivity index (χ0v) is 16.8. The molecule has 22 heavy (non-hydrogen) atoms. The Morgan fingerprint density at radius 2 is 1.82 bits per heavy atom. The summed E-state index contributed by atoms with van der Waals surface area (Å²) in [5.41, 5.74) is 0.950. The highest BCUT2D eigenvalue weighted by atomic mass is 79.9. The number of halogens is 2. The van der Waals surface area contributed by atoms with Crippen molar-refractivity contribution in [2.45, 2.75) is 57.8 Å². The molecule has 0 radical (unpaired) electrons. The zero-order valence-electron chi connectivity index (χ0n) is 14.2. The highest BCUT2D eigenvalue weighted by molar-refractivity contribution is 9.10. The molecule has 0 unspecified atom stereocenters. The molecule has 0 N–H and O–H groups in total. The number of anilines is 1. The Balaban J connectivity index is 1.98. The van der Waals surface area contributed by atoms with Crippen LogP contribution in [0.15, 0.2) is 22.7 Å². The second kappa shape index (κ2) is 6.61. The van der Waals surface area contributed by atoms with E-state index < -0.39 is 8.32 Å². The minimum atomic E-state index is -1.70. The lowest BCUT2D eigenvalue weighted by molar-refractivity contribution is 0.152. The molecule has 0 bridgehead atoms. The molecular formula is C17H27BrFNOSi. The first-order chi connectivity index (χ1) is 10.1. The third kappa shape index (κ3) is 4.12. The summed E-state index contributed by atoms with van der Waals surface area (Å²) < 4.78 is 20.9. The van der Waals surface area contributed by atoms with E-state index in [-0.39, 0.29) is 10.9 Å². The molecule has 1 aliphatic rings. The monoisotopic (exact) mass is 387 g/mol. The molecule has 2 rings (SSSR count). The third-order valence-electron chi connectivity index (χ3n) is 4.96. The van der Waals surface area contributed by atoms with Gasteiger partial charge < -0.3 is 9.33 Å². The number of piperidine rings is 1. The summed E-state index contributed by atoms with van der Waals surface area (Å²) in [5.74, 6) is -0.183. The molecule has 2 nitrogen and oxygen atoms in total. The van der Waals surface area contributed by atoms with Crippen molar-refractivity contribution in [3.8, 4) is 0 Å². The Morgan fingerprint density at radius 1 is 1.23 bits per heavy atom. The van der Waals surface area contributed by atoms with Crippen LogP contribution >= 0.6 is 15.9 Å². The van der Waals surface area contributed by atoms with Crippen LogP contribution in [0.3, 0.4) is 0 Å². The van der Waals surface area contributed by atoms with Crippen molar-refractivity contribution in [2.24, 2.45) is 0 Å². The molecule has 1 fully saturated rings. The van der Waals surface area contributed by atoms with Gasteiger partial charge in [-0.2, -0.15) is 0 Å². The Hall–Kier alpha value is -0.393. The van der Waals surface area contributed by atoms with Gasteiger partial charge in [-0.1, -0.05) is 20.8 Å². The van der Waals surface area contributed by atoms with E-state index in [1.807, 2.05) is 0 Å². The van der Waals surface area contributed by atoms with Crippen LogP contribution in [-0.4, -0.2) is 27.5 Å². The molecule has 0 amide bonds. The maximum atomic E-state index is 13.5. The number of nitrogens with zero attached hydrogens (tertiary/aromatic N) is 1. The number of benzene rings is 1. The summed E-state index contributed by atoms with van der Waals surface area (Å²) in [4.78, 5) is 2.25. The SMILES string of the molecule is CC(C)(C)[Si](C)(C)OC1CCN(c2cc(F)ccc2Br)CC1. The molecule has 1 heterocycles. The minimum absolute atomic E-state index is 0.183. The summed E-state index contributed by atoms with van der Waals surface area (Å²) in [6.45, 7) is 13.3. The Labute approximate surface area is 143 Å². The van der Waals surface area contributed by atoms with Gasteiger partial charge >= 0.3 is 0 Å². The van der Waals surface area contributed by atoms with Gasteiger partial charge in [-0.15, -0.1) is 0 Å². The van der Waals surface area contributed by atoms with Crippen molar-refractivity contribution in [3.63, 3.8) is 0 Å². The van der Waals surface area contributed by atoms with E-state index in [0.29, 0.717) is 6.10 Å². The lowest BCUT2D eigenvalue weighted by atomic mass is 10.1. The fraction of sp³-hybridized carbons (Fsp3) is 0.647. The van der Waals surface area contributed by atoms with Crippen LogP contribution in [0, 0.1) is 5.82 Å². The fourth-order valence-corrected chi connectivity index (χ4v) is 4.46. The highest BCUT2D eigenvalue weighted by Gasteiger charge is 2.39. The number of rotatable bonds is 3. The quantitative estimate of drug-likeness (QED) is 0.627. The lowest BCUT2D eigenvalue weighted by Gasteiger charge is -2.42. The van der Waals surface area contributed by atoms with Crippen molar-refractivity contribution in [2.75, 3.05) is 18.0 Å². The van der Waals surface area contributed by atoms with Crippen LogP contribution in [-0.2, 0) is 4.43 Å². The van der Waals surface area contributed by atoms with E-state index in [0.717, 1.165) is 36.1 Å². The van der Waals surface area contributed by atoms with Crippen LogP contribution in [0.5, 0.6) is 0 Å². The van der Waals surface area contributed by atoms with E-state index in [9.17, 15) is 4.39 Å². The van der Waals surface area contributed by atoms with Crippen molar-refractivity contribution < 1.29 is 8.82 Å². The average molecular weight is 388 g/mol. The molecular weight excluding hydrogens is 361 g/mol. The van der Waals surface area contributed by atoms with E-state index in [1.54, 1.807) is 12.1 Å². The van der Waals surface area contributed by atoms with E-state index in [4.69, 9.17) is 4.43 Å². The van der Waals surface area contributed by atoms with Gasteiger partial charge in [0.1, 0.15) is 5.82 Å². The van der Waals surface area contributed by atoms with Crippen molar-refractivity contribution >= 4 is 29.9 Å². The number of hydrogen-bond donors (Lipinski definition) is 0. The Bertz CT molecular complexity index is 522. The van der Waals surface area contributed by atoms with Gasteiger partial charge in [-0.3, -0.25) is 0 Å². The maximum absolute atomic E-state index is 13.5. The molecule has 124 valence electrons. The molecule has 1 aromatic rings. The van der Waals surface area contributed by atoms with Crippen LogP contribution in [0.2, 0.25) is 18.1 Å². The number of hydrogen-bond acceptors (Lipinski definition) is 2. The molecule has 0 spiro atoms. The fourth-order valence-electron chi connectivity index (χ4n) is 2.54. The van der Waals surface area contributed by atoms with Crippen LogP contribution in [0.1, 0.15) is 33.6 Å². The van der Waals surface area contributed by atoms with E-state index in [2.05, 4.69) is 54.7 Å². The molecule has 0 aliphatic carbocycles. The molecule has 0 saturated carbocycles. The second-order valence-corrected chi connectivity index (χ2v) is 13.3. The second-order valence-electron chi connectivity index (χ2n) is 7.66. The predicted octanol–water partition coefficient (Wildman–Crippen LogP) is 5.58. The summed E-state index contributed by atoms with van der Waals surface area (Å²) in [6.07, 6.45) is 2.36. The van der Waals surface area contributed by atoms with Crippen LogP contribution in [0.25, 0.3) is 0 Å². The molecule has 1 aromatic carbocycles. The Morgan fingerprint density at radius 3 is 2.36 bits per heavy atom. The van der Waals surface area contributed by atoms with E-state index in [1.165, 1.54) is 6.07 Å². The van der Waals surface area contributed by atoms with Crippen LogP contribution < -0.4 is 4.90 Å². The van der Waals surface area contributed by atoms with Crippen molar-refractivity contribution in [1.82, 2.24) is 0 Å². The minimum Gasteiger partial charge on any atom is -0.414 e. The van der Waals surface area contributed by atoms with Crippen molar-refractivity contribution in [3.05, 3.63) is 28.5 Å². The van der Waals surface area contributed by atoms with Crippen molar-refractivity contribution in [1.29, 1.82) is 0 Å². The van der Waals surface area contributed by atoms with Gasteiger partial charge in [0.15, 0.2) is 8.32 Å². The molecule has 1 saturated heterocycles. The molecule has 1 aliphatic heterocycles. The standard InChI is InChI=1S/C17H27BrFNOSi/c1-17(2,3)22(4,5)21-14-8-10-20(11-9-14)16-12-13(19)6-7-15(16)18/h6-7,12,14H,8-11H2,1-5H3. The van der Waals surface area contributed by atoms with Gasteiger partial charge in [-0.05, 0) is 65.1 Å². The first kappa shape index (κ1) is 18.0. The van der Waals surface area contributed by atoms with Gasteiger partial charge in [0.2, 0.25) is 0 Å². The molecule has 0 atom stereocenters. The summed E-state index contributed by atoms with van der Waals surface area (Å²) >= 11 is 3.52. The summed E-state index contributed by atoms with van der Waals surface area (Å²) in [5, 5.41) is 0.246. The third-order valence-corrected chi connectivity index (χ3v) is 10.2. The first-order valence-electron chi connectivity index (χ1n) is 7.98. The smallest absolute Gasteiger partial charge is 0.192 e. The van der Waals surface area contributed by atoms with E-state index >= 15 is 0 Å². The average Bonchev–Trinajstić information content (AvgIpc) is 2.41. The van der Waals surface area contributed by atoms with Gasteiger partial charge in [0.25, 0.3) is 0 Å². The first-order valence-corrected chi connectivity index (χ1v) is 11.7. The van der Waals surface area contributed by atoms with Gasteiger partial charge in [0.05, 0.1) is 5.69 Å². The molecule has 0 aromatic heterocycles. The highest BCUT2D eigenvalue weighted by Crippen LogP contribution is 2.39. The predicted molar refractivity (Wildman–Crippen MR) is 97.6 cm³/mol. The largest absolute Gasteiger partial charge is 0.414 e. The van der Waals surface area contributed by atoms with Gasteiger partial charge in [0, 0.05) is 23.7 Å². The zero-order chi connectivity index (χ0) is 16.5. The van der Waals surface area contributed by atoms with Crippen LogP contribution in [0.4, 0.5) is 10.1 Å². The maximum Gasteiger partial charge on any atom is 0.192 e. The lowest BCUT2D eigenvalue weighted by Crippen LogP contribution is -2.47. The Kier molecular flexibility index (Phi) is 5.40.